The number of hydrogen-bond donors (Lipinski definition) is 5. The summed E-state index contributed by atoms with van der Waals surface area (Å²) >= 11 is 0. The Balaban J connectivity index is 1.31. The molecule has 21 nitrogen and oxygen atoms in total. The summed E-state index contributed by atoms with van der Waals surface area (Å²) < 4.78 is 96.1. The van der Waals surface area contributed by atoms with Gasteiger partial charge in [0.1, 0.15) is 72.7 Å². The van der Waals surface area contributed by atoms with Gasteiger partial charge in [-0.3, -0.25) is 13.9 Å². The molecule has 0 saturated heterocycles. The fraction of sp³-hybridized carbons (Fsp3) is 0.125. The molecule has 0 fully saturated rings. The Kier molecular flexibility index (Phi) is 13.2. The van der Waals surface area contributed by atoms with Crippen molar-refractivity contribution in [2.45, 2.75) is 9.79 Å². The van der Waals surface area contributed by atoms with Crippen molar-refractivity contribution in [3.05, 3.63) is 96.6 Å². The third-order valence-corrected chi connectivity index (χ3v) is 10.7. The van der Waals surface area contributed by atoms with Crippen molar-refractivity contribution in [1.29, 1.82) is 0 Å². The highest BCUT2D eigenvalue weighted by Gasteiger charge is 2.24. The zero-order valence-electron chi connectivity index (χ0n) is 33.7. The fourth-order valence-electron chi connectivity index (χ4n) is 5.83. The lowest BCUT2D eigenvalue weighted by atomic mass is 10.1. The van der Waals surface area contributed by atoms with E-state index in [0.717, 1.165) is 12.1 Å². The molecular weight excluding hydrogens is 865 g/mol. The van der Waals surface area contributed by atoms with Gasteiger partial charge in [0, 0.05) is 52.7 Å². The number of carbonyl (C=O) groups is 1. The second-order valence-electron chi connectivity index (χ2n) is 12.9. The molecule has 0 radical (unpaired) electrons. The number of nitrogens with zero attached hydrogens (tertiary/aromatic N) is 6. The molecule has 1 amide bonds. The molecule has 326 valence electrons. The van der Waals surface area contributed by atoms with E-state index < -0.39 is 47.4 Å². The minimum atomic E-state index is -5.00. The number of phenolic OH excluding ortho intramolecular Hbond substituents is 1. The van der Waals surface area contributed by atoms with E-state index in [1.165, 1.54) is 102 Å². The molecule has 0 aliphatic carbocycles. The molecule has 6 rings (SSSR count). The van der Waals surface area contributed by atoms with E-state index in [-0.39, 0.29) is 73.6 Å². The van der Waals surface area contributed by atoms with E-state index in [0.29, 0.717) is 11.3 Å². The van der Waals surface area contributed by atoms with Gasteiger partial charge in [0.05, 0.1) is 35.5 Å². The number of phenols is 1. The molecule has 0 bridgehead atoms. The van der Waals surface area contributed by atoms with Crippen molar-refractivity contribution in [2.75, 3.05) is 46.6 Å². The summed E-state index contributed by atoms with van der Waals surface area (Å²) in [5.41, 5.74) is 6.29. The second kappa shape index (κ2) is 18.5. The van der Waals surface area contributed by atoms with E-state index in [2.05, 4.69) is 36.0 Å². The van der Waals surface area contributed by atoms with Gasteiger partial charge in [0.25, 0.3) is 26.1 Å². The van der Waals surface area contributed by atoms with Crippen LogP contribution in [0.2, 0.25) is 0 Å². The van der Waals surface area contributed by atoms with Crippen LogP contribution in [0.5, 0.6) is 34.5 Å². The van der Waals surface area contributed by atoms with E-state index in [1.807, 2.05) is 0 Å². The Morgan fingerprint density at radius 3 is 1.49 bits per heavy atom. The first kappa shape index (κ1) is 44.8. The first-order chi connectivity index (χ1) is 30.0. The van der Waals surface area contributed by atoms with Crippen LogP contribution in [0.15, 0.2) is 131 Å². The maximum Gasteiger partial charge on any atom is 0.296 e. The first-order valence-corrected chi connectivity index (χ1v) is 20.7. The van der Waals surface area contributed by atoms with Crippen molar-refractivity contribution >= 4 is 82.4 Å². The molecule has 6 aromatic carbocycles. The number of hydrogen-bond acceptors (Lipinski definition) is 18. The molecule has 0 aliphatic heterocycles. The van der Waals surface area contributed by atoms with Gasteiger partial charge in [0.15, 0.2) is 5.75 Å². The SMILES string of the molecule is COc1ccc(N=Nc2cc(OC)c(N=Nc3cc(OC)c(N=Nc4c(S(=O)(=O)O)cc5cc(NC(=O)c6ccc(N)cc6)ccc5c4O)cc3OC)cc2OC)c(S(=O)(=O)O)c1. The minimum Gasteiger partial charge on any atom is -0.505 e. The quantitative estimate of drug-likeness (QED) is 0.0365. The molecule has 63 heavy (non-hydrogen) atoms. The molecule has 0 aromatic heterocycles. The summed E-state index contributed by atoms with van der Waals surface area (Å²) in [4.78, 5) is 11.5. The van der Waals surface area contributed by atoms with E-state index in [4.69, 9.17) is 29.4 Å². The van der Waals surface area contributed by atoms with Gasteiger partial charge in [0.2, 0.25) is 0 Å². The van der Waals surface area contributed by atoms with Crippen LogP contribution in [0.4, 0.5) is 45.5 Å². The first-order valence-electron chi connectivity index (χ1n) is 17.8. The lowest BCUT2D eigenvalue weighted by Crippen LogP contribution is -2.11. The highest BCUT2D eigenvalue weighted by molar-refractivity contribution is 7.86. The fourth-order valence-corrected chi connectivity index (χ4v) is 7.13. The molecule has 6 N–H and O–H groups in total. The predicted molar refractivity (Wildman–Crippen MR) is 229 cm³/mol. The summed E-state index contributed by atoms with van der Waals surface area (Å²) in [5, 5.41) is 39.0. The lowest BCUT2D eigenvalue weighted by Gasteiger charge is -2.12. The summed E-state index contributed by atoms with van der Waals surface area (Å²) in [6, 6.07) is 20.9. The third-order valence-electron chi connectivity index (χ3n) is 8.95. The van der Waals surface area contributed by atoms with E-state index >= 15 is 0 Å². The average molecular weight is 901 g/mol. The molecule has 0 unspecified atom stereocenters. The number of methoxy groups -OCH3 is 5. The van der Waals surface area contributed by atoms with Crippen LogP contribution in [0.1, 0.15) is 10.4 Å². The van der Waals surface area contributed by atoms with Crippen LogP contribution >= 0.6 is 0 Å². The lowest BCUT2D eigenvalue weighted by molar-refractivity contribution is 0.102. The molecule has 0 atom stereocenters. The Labute approximate surface area is 359 Å². The number of anilines is 2. The topological polar surface area (TPSA) is 304 Å². The Bertz CT molecular complexity index is 3070. The van der Waals surface area contributed by atoms with Gasteiger partial charge in [-0.1, -0.05) is 0 Å². The van der Waals surface area contributed by atoms with Crippen molar-refractivity contribution in [1.82, 2.24) is 0 Å². The maximum absolute atomic E-state index is 12.8. The standard InChI is InChI=1S/C40H36N8O13S2/c1-57-25-11-13-27(36(16-25)62(51,52)53)43-44-28-17-33(59-3)29(18-32(28)58-2)45-46-30-19-35(61-5)31(20-34(30)60-4)47-48-38-37(63(54,55)56)15-22-14-24(10-12-26(22)39(38)49)42-40(50)21-6-8-23(41)9-7-21/h6-20,49H,41H2,1-5H3,(H,42,50)(H,51,52,53)(H,54,55,56). The number of fused-ring (bicyclic) bond motifs is 1. The smallest absolute Gasteiger partial charge is 0.296 e. The highest BCUT2D eigenvalue weighted by Crippen LogP contribution is 2.46. The van der Waals surface area contributed by atoms with E-state index in [1.54, 1.807) is 12.1 Å². The maximum atomic E-state index is 12.8. The zero-order chi connectivity index (χ0) is 45.6. The van der Waals surface area contributed by atoms with Crippen LogP contribution in [0.25, 0.3) is 10.8 Å². The van der Waals surface area contributed by atoms with Gasteiger partial charge in [-0.2, -0.15) is 16.8 Å². The van der Waals surface area contributed by atoms with Crippen molar-refractivity contribution in [3.63, 3.8) is 0 Å². The summed E-state index contributed by atoms with van der Waals surface area (Å²) in [6.07, 6.45) is 0. The number of nitrogens with two attached hydrogens (primary N) is 1. The van der Waals surface area contributed by atoms with Crippen LogP contribution < -0.4 is 34.7 Å². The number of benzene rings is 6. The summed E-state index contributed by atoms with van der Waals surface area (Å²) in [6.45, 7) is 0. The molecule has 6 aromatic rings. The highest BCUT2D eigenvalue weighted by atomic mass is 32.2. The molecule has 23 heteroatoms. The van der Waals surface area contributed by atoms with Crippen LogP contribution in [-0.4, -0.2) is 72.5 Å². The van der Waals surface area contributed by atoms with Crippen LogP contribution in [0.3, 0.4) is 0 Å². The molecule has 0 heterocycles. The van der Waals surface area contributed by atoms with Crippen molar-refractivity contribution in [2.24, 2.45) is 30.7 Å². The molecule has 0 aliphatic rings. The number of nitrogens with one attached hydrogen (secondary N) is 1. The minimum absolute atomic E-state index is 0.0159. The van der Waals surface area contributed by atoms with Crippen molar-refractivity contribution in [3.8, 4) is 34.5 Å². The van der Waals surface area contributed by atoms with Gasteiger partial charge in [-0.05, 0) is 66.0 Å². The van der Waals surface area contributed by atoms with Gasteiger partial charge < -0.3 is 39.8 Å². The molecular formula is C40H36N8O13S2. The van der Waals surface area contributed by atoms with Gasteiger partial charge in [-0.15, -0.1) is 30.7 Å². The number of ether oxygens (including phenoxy) is 5. The zero-order valence-corrected chi connectivity index (χ0v) is 35.3. The number of carbonyl (C=O) groups excluding carboxylic acids is 1. The van der Waals surface area contributed by atoms with Crippen LogP contribution in [0, 0.1) is 0 Å². The second-order valence-corrected chi connectivity index (χ2v) is 15.6. The molecule has 0 saturated carbocycles. The predicted octanol–water partition coefficient (Wildman–Crippen LogP) is 9.16. The Hall–Kier alpha value is -7.73. The van der Waals surface area contributed by atoms with E-state index in [9.17, 15) is 35.8 Å². The third kappa shape index (κ3) is 10.1. The number of nitrogen functional groups attached to an aromatic ring is 1. The monoisotopic (exact) mass is 900 g/mol. The average Bonchev–Trinajstić information content (AvgIpc) is 3.26. The normalized spacial score (nSPS) is 12.0. The largest absolute Gasteiger partial charge is 0.505 e. The number of amides is 1. The Morgan fingerprint density at radius 1 is 0.556 bits per heavy atom. The Morgan fingerprint density at radius 2 is 1.03 bits per heavy atom. The van der Waals surface area contributed by atoms with Crippen LogP contribution in [-0.2, 0) is 20.2 Å². The summed E-state index contributed by atoms with van der Waals surface area (Å²) in [5.74, 6) is -0.555. The summed E-state index contributed by atoms with van der Waals surface area (Å²) in [7, 11) is -3.03. The molecule has 0 spiro atoms. The number of aromatic hydroxyl groups is 1. The van der Waals surface area contributed by atoms with Gasteiger partial charge >= 0.3 is 0 Å². The van der Waals surface area contributed by atoms with Crippen molar-refractivity contribution < 1.29 is 59.5 Å². The van der Waals surface area contributed by atoms with Gasteiger partial charge in [-0.25, -0.2) is 0 Å². The number of azo groups is 3. The number of rotatable bonds is 15.